The maximum Gasteiger partial charge on any atom is 0.276 e. The van der Waals surface area contributed by atoms with Crippen molar-refractivity contribution in [1.29, 1.82) is 0 Å². The lowest BCUT2D eigenvalue weighted by Crippen LogP contribution is -2.21. The van der Waals surface area contributed by atoms with Gasteiger partial charge in [0.25, 0.3) is 5.56 Å². The Morgan fingerprint density at radius 1 is 1.53 bits per heavy atom. The van der Waals surface area contributed by atoms with Crippen LogP contribution in [-0.4, -0.2) is 23.1 Å². The van der Waals surface area contributed by atoms with Gasteiger partial charge in [-0.15, -0.1) is 0 Å². The molecule has 6 heteroatoms. The number of H-pyrrole nitrogens is 1. The predicted molar refractivity (Wildman–Crippen MR) is 69.8 cm³/mol. The van der Waals surface area contributed by atoms with Crippen molar-refractivity contribution < 1.29 is 0 Å². The zero-order chi connectivity index (χ0) is 12.7. The molecule has 17 heavy (non-hydrogen) atoms. The van der Waals surface area contributed by atoms with E-state index in [1.807, 2.05) is 0 Å². The number of rotatable bonds is 7. The van der Waals surface area contributed by atoms with E-state index in [1.165, 1.54) is 6.33 Å². The van der Waals surface area contributed by atoms with Crippen LogP contribution in [-0.2, 0) is 0 Å². The minimum Gasteiger partial charge on any atom is -0.391 e. The van der Waals surface area contributed by atoms with Gasteiger partial charge in [0.1, 0.15) is 5.69 Å². The summed E-state index contributed by atoms with van der Waals surface area (Å²) in [7, 11) is 0. The number of aromatic amines is 1. The summed E-state index contributed by atoms with van der Waals surface area (Å²) in [6, 6.07) is 0. The highest BCUT2D eigenvalue weighted by Crippen LogP contribution is 2.13. The Bertz CT molecular complexity index is 384. The van der Waals surface area contributed by atoms with Crippen LogP contribution in [0.15, 0.2) is 11.1 Å². The van der Waals surface area contributed by atoms with E-state index in [0.717, 1.165) is 25.8 Å². The number of hydrogen-bond donors (Lipinski definition) is 4. The number of nitrogens with two attached hydrogens (primary N) is 2. The molecule has 6 N–H and O–H groups in total. The average molecular weight is 239 g/mol. The Kier molecular flexibility index (Phi) is 5.48. The average Bonchev–Trinajstić information content (AvgIpc) is 2.31. The molecule has 0 saturated carbocycles. The molecule has 0 amide bonds. The van der Waals surface area contributed by atoms with E-state index in [4.69, 9.17) is 11.5 Å². The van der Waals surface area contributed by atoms with Crippen molar-refractivity contribution >= 4 is 11.5 Å². The van der Waals surface area contributed by atoms with Crippen LogP contribution in [0.3, 0.4) is 0 Å². The van der Waals surface area contributed by atoms with Crippen molar-refractivity contribution in [3.63, 3.8) is 0 Å². The lowest BCUT2D eigenvalue weighted by molar-refractivity contribution is 0.473. The maximum absolute atomic E-state index is 11.3. The molecule has 1 rings (SSSR count). The summed E-state index contributed by atoms with van der Waals surface area (Å²) in [5, 5.41) is 3.11. The third kappa shape index (κ3) is 4.07. The van der Waals surface area contributed by atoms with Gasteiger partial charge in [0.05, 0.1) is 6.33 Å². The molecule has 1 unspecified atom stereocenters. The van der Waals surface area contributed by atoms with Gasteiger partial charge >= 0.3 is 0 Å². The zero-order valence-corrected chi connectivity index (χ0v) is 10.2. The Morgan fingerprint density at radius 3 is 2.94 bits per heavy atom. The summed E-state index contributed by atoms with van der Waals surface area (Å²) in [5.41, 5.74) is 11.0. The van der Waals surface area contributed by atoms with E-state index in [-0.39, 0.29) is 11.2 Å². The molecule has 1 aromatic heterocycles. The first-order valence-corrected chi connectivity index (χ1v) is 5.96. The molecule has 0 bridgehead atoms. The van der Waals surface area contributed by atoms with Crippen molar-refractivity contribution in [1.82, 2.24) is 9.97 Å². The van der Waals surface area contributed by atoms with Crippen molar-refractivity contribution in [3.8, 4) is 0 Å². The number of nitrogens with zero attached hydrogens (tertiary/aromatic N) is 1. The number of aromatic nitrogens is 2. The summed E-state index contributed by atoms with van der Waals surface area (Å²) in [6.45, 7) is 3.56. The summed E-state index contributed by atoms with van der Waals surface area (Å²) in [5.74, 6) is 0.942. The van der Waals surface area contributed by atoms with Gasteiger partial charge in [-0.2, -0.15) is 0 Å². The fourth-order valence-electron chi connectivity index (χ4n) is 1.78. The fourth-order valence-corrected chi connectivity index (χ4v) is 1.78. The Labute approximate surface area is 101 Å². The van der Waals surface area contributed by atoms with Gasteiger partial charge in [0.2, 0.25) is 0 Å². The smallest absolute Gasteiger partial charge is 0.276 e. The van der Waals surface area contributed by atoms with Crippen molar-refractivity contribution in [2.24, 2.45) is 11.7 Å². The molecule has 6 nitrogen and oxygen atoms in total. The van der Waals surface area contributed by atoms with Crippen LogP contribution in [0.2, 0.25) is 0 Å². The quantitative estimate of drug-likeness (QED) is 0.555. The van der Waals surface area contributed by atoms with Gasteiger partial charge in [0.15, 0.2) is 5.82 Å². The molecule has 0 radical (unpaired) electrons. The Balaban J connectivity index is 2.58. The highest BCUT2D eigenvalue weighted by molar-refractivity contribution is 5.58. The zero-order valence-electron chi connectivity index (χ0n) is 10.2. The molecule has 0 aliphatic rings. The molecule has 0 aliphatic heterocycles. The van der Waals surface area contributed by atoms with Crippen LogP contribution in [0.25, 0.3) is 0 Å². The van der Waals surface area contributed by atoms with Crippen molar-refractivity contribution in [3.05, 3.63) is 16.7 Å². The minimum atomic E-state index is -0.312. The predicted octanol–water partition coefficient (Wildman–Crippen LogP) is 0.529. The van der Waals surface area contributed by atoms with Crippen LogP contribution in [0, 0.1) is 5.92 Å². The number of nitrogen functional groups attached to an aromatic ring is 1. The van der Waals surface area contributed by atoms with Crippen LogP contribution in [0.5, 0.6) is 0 Å². The van der Waals surface area contributed by atoms with Crippen LogP contribution >= 0.6 is 0 Å². The molecule has 0 aromatic carbocycles. The van der Waals surface area contributed by atoms with E-state index in [2.05, 4.69) is 22.2 Å². The molecule has 0 saturated heterocycles. The SMILES string of the molecule is CCCC(CCN)CNc1nc[nH]c(=O)c1N. The number of hydrogen-bond acceptors (Lipinski definition) is 5. The molecule has 0 fully saturated rings. The van der Waals surface area contributed by atoms with Crippen molar-refractivity contribution in [2.45, 2.75) is 26.2 Å². The van der Waals surface area contributed by atoms with Crippen LogP contribution < -0.4 is 22.3 Å². The summed E-state index contributed by atoms with van der Waals surface area (Å²) in [4.78, 5) is 17.7. The third-order valence-corrected chi connectivity index (χ3v) is 2.72. The Hall–Kier alpha value is -1.56. The molecule has 0 spiro atoms. The van der Waals surface area contributed by atoms with Crippen molar-refractivity contribution in [2.75, 3.05) is 24.1 Å². The van der Waals surface area contributed by atoms with Gasteiger partial charge in [-0.1, -0.05) is 13.3 Å². The fraction of sp³-hybridized carbons (Fsp3) is 0.636. The van der Waals surface area contributed by atoms with E-state index < -0.39 is 0 Å². The first kappa shape index (κ1) is 13.5. The van der Waals surface area contributed by atoms with Crippen LogP contribution in [0.4, 0.5) is 11.5 Å². The van der Waals surface area contributed by atoms with Gasteiger partial charge in [-0.25, -0.2) is 4.98 Å². The monoisotopic (exact) mass is 239 g/mol. The normalized spacial score (nSPS) is 12.4. The minimum absolute atomic E-state index is 0.135. The molecule has 1 heterocycles. The van der Waals surface area contributed by atoms with Gasteiger partial charge in [0, 0.05) is 6.54 Å². The van der Waals surface area contributed by atoms with Gasteiger partial charge in [-0.05, 0) is 25.3 Å². The highest BCUT2D eigenvalue weighted by atomic mass is 16.1. The van der Waals surface area contributed by atoms with Crippen LogP contribution in [0.1, 0.15) is 26.2 Å². The standard InChI is InChI=1S/C11H21N5O/c1-2-3-8(4-5-12)6-14-10-9(13)11(17)16-7-15-10/h7-8H,2-6,12-13H2,1H3,(H2,14,15,16,17). The topological polar surface area (TPSA) is 110 Å². The number of anilines is 2. The molecule has 0 aliphatic carbocycles. The lowest BCUT2D eigenvalue weighted by Gasteiger charge is -2.16. The second kappa shape index (κ2) is 6.90. The first-order valence-electron chi connectivity index (χ1n) is 5.96. The third-order valence-electron chi connectivity index (χ3n) is 2.72. The Morgan fingerprint density at radius 2 is 2.29 bits per heavy atom. The summed E-state index contributed by atoms with van der Waals surface area (Å²) >= 11 is 0. The van der Waals surface area contributed by atoms with E-state index in [1.54, 1.807) is 0 Å². The van der Waals surface area contributed by atoms with Gasteiger partial charge in [-0.3, -0.25) is 4.79 Å². The first-order chi connectivity index (χ1) is 8.19. The molecule has 1 aromatic rings. The molecular formula is C11H21N5O. The summed E-state index contributed by atoms with van der Waals surface area (Å²) in [6.07, 6.45) is 4.53. The second-order valence-electron chi connectivity index (χ2n) is 4.11. The highest BCUT2D eigenvalue weighted by Gasteiger charge is 2.09. The van der Waals surface area contributed by atoms with Gasteiger partial charge < -0.3 is 21.8 Å². The van der Waals surface area contributed by atoms with E-state index in [9.17, 15) is 4.79 Å². The lowest BCUT2D eigenvalue weighted by atomic mass is 10.00. The largest absolute Gasteiger partial charge is 0.391 e. The maximum atomic E-state index is 11.3. The summed E-state index contributed by atoms with van der Waals surface area (Å²) < 4.78 is 0. The van der Waals surface area contributed by atoms with E-state index >= 15 is 0 Å². The molecule has 1 atom stereocenters. The molecular weight excluding hydrogens is 218 g/mol. The van der Waals surface area contributed by atoms with E-state index in [0.29, 0.717) is 18.3 Å². The molecule has 96 valence electrons. The number of nitrogens with one attached hydrogen (secondary N) is 2. The second-order valence-corrected chi connectivity index (χ2v) is 4.11.